The van der Waals surface area contributed by atoms with Gasteiger partial charge in [0.2, 0.25) is 0 Å². The van der Waals surface area contributed by atoms with Gasteiger partial charge in [0.1, 0.15) is 12.3 Å². The molecule has 1 aromatic carbocycles. The van der Waals surface area contributed by atoms with Crippen molar-refractivity contribution in [2.75, 3.05) is 0 Å². The lowest BCUT2D eigenvalue weighted by atomic mass is 10.2. The number of carboxylic acid groups (broad SMARTS) is 1. The molecule has 1 atom stereocenters. The maximum absolute atomic E-state index is 11.7. The molecule has 0 radical (unpaired) electrons. The van der Waals surface area contributed by atoms with Gasteiger partial charge in [-0.05, 0) is 18.6 Å². The number of rotatable bonds is 6. The molecule has 0 aliphatic heterocycles. The summed E-state index contributed by atoms with van der Waals surface area (Å²) in [5, 5.41) is 15.5. The molecule has 7 nitrogen and oxygen atoms in total. The maximum atomic E-state index is 11.7. The number of carboxylic acids is 1. The first-order valence-corrected chi connectivity index (χ1v) is 6.78. The van der Waals surface area contributed by atoms with Crippen LogP contribution in [-0.4, -0.2) is 33.0 Å². The predicted octanol–water partition coefficient (Wildman–Crippen LogP) is 1.90. The molecule has 2 N–H and O–H groups in total. The molecule has 22 heavy (non-hydrogen) atoms. The fourth-order valence-corrected chi connectivity index (χ4v) is 1.93. The van der Waals surface area contributed by atoms with E-state index in [1.165, 1.54) is 16.9 Å². The van der Waals surface area contributed by atoms with Crippen molar-refractivity contribution in [1.29, 1.82) is 0 Å². The first-order valence-electron chi connectivity index (χ1n) is 6.78. The molecule has 0 aliphatic carbocycles. The van der Waals surface area contributed by atoms with E-state index in [1.54, 1.807) is 6.92 Å². The van der Waals surface area contributed by atoms with Crippen LogP contribution in [0.2, 0.25) is 0 Å². The zero-order valence-electron chi connectivity index (χ0n) is 12.1. The number of aromatic nitrogens is 2. The monoisotopic (exact) mass is 303 g/mol. The molecule has 2 rings (SSSR count). The number of hydrogen-bond donors (Lipinski definition) is 2. The Hall–Kier alpha value is -2.83. The lowest BCUT2D eigenvalue weighted by Crippen LogP contribution is -2.36. The average Bonchev–Trinajstić information content (AvgIpc) is 2.94. The van der Waals surface area contributed by atoms with Gasteiger partial charge < -0.3 is 15.2 Å². The third-order valence-corrected chi connectivity index (χ3v) is 2.96. The molecule has 0 saturated carbocycles. The van der Waals surface area contributed by atoms with E-state index in [4.69, 9.17) is 9.84 Å². The molecule has 116 valence electrons. The second-order valence-electron chi connectivity index (χ2n) is 4.81. The van der Waals surface area contributed by atoms with E-state index in [1.807, 2.05) is 30.3 Å². The summed E-state index contributed by atoms with van der Waals surface area (Å²) in [6.07, 6.45) is 0.851. The number of nitrogens with one attached hydrogen (secondary N) is 1. The summed E-state index contributed by atoms with van der Waals surface area (Å²) in [7, 11) is 0. The molecule has 7 heteroatoms. The maximum Gasteiger partial charge on any atom is 0.407 e. The topological polar surface area (TPSA) is 93.5 Å². The van der Waals surface area contributed by atoms with Crippen molar-refractivity contribution in [3.8, 4) is 0 Å². The van der Waals surface area contributed by atoms with Crippen molar-refractivity contribution in [3.63, 3.8) is 0 Å². The second-order valence-corrected chi connectivity index (χ2v) is 4.81. The average molecular weight is 303 g/mol. The van der Waals surface area contributed by atoms with Crippen LogP contribution in [0.3, 0.4) is 0 Å². The molecule has 0 bridgehead atoms. The summed E-state index contributed by atoms with van der Waals surface area (Å²) in [6, 6.07) is 10.4. The third-order valence-electron chi connectivity index (χ3n) is 2.96. The van der Waals surface area contributed by atoms with Gasteiger partial charge in [0, 0.05) is 12.2 Å². The second kappa shape index (κ2) is 7.26. The highest BCUT2D eigenvalue weighted by Crippen LogP contribution is 2.03. The van der Waals surface area contributed by atoms with Crippen LogP contribution in [0.1, 0.15) is 23.0 Å². The Kier molecular flexibility index (Phi) is 5.13. The van der Waals surface area contributed by atoms with Crippen molar-refractivity contribution < 1.29 is 19.4 Å². The lowest BCUT2D eigenvalue weighted by molar-refractivity contribution is 0.0682. The number of carbonyl (C=O) groups excluding carboxylic acids is 1. The largest absolute Gasteiger partial charge is 0.477 e. The van der Waals surface area contributed by atoms with Crippen LogP contribution >= 0.6 is 0 Å². The van der Waals surface area contributed by atoms with Gasteiger partial charge in [-0.3, -0.25) is 4.68 Å². The molecule has 0 spiro atoms. The molecular formula is C15H17N3O4. The van der Waals surface area contributed by atoms with Crippen LogP contribution in [0.15, 0.2) is 42.6 Å². The van der Waals surface area contributed by atoms with Crippen molar-refractivity contribution in [2.24, 2.45) is 0 Å². The molecule has 0 saturated heterocycles. The summed E-state index contributed by atoms with van der Waals surface area (Å²) in [5.74, 6) is -1.06. The highest BCUT2D eigenvalue weighted by molar-refractivity contribution is 5.85. The van der Waals surface area contributed by atoms with E-state index in [9.17, 15) is 9.59 Å². The fourth-order valence-electron chi connectivity index (χ4n) is 1.93. The Morgan fingerprint density at radius 1 is 1.32 bits per heavy atom. The van der Waals surface area contributed by atoms with Gasteiger partial charge >= 0.3 is 12.1 Å². The quantitative estimate of drug-likeness (QED) is 0.850. The van der Waals surface area contributed by atoms with Gasteiger partial charge in [0.15, 0.2) is 0 Å². The van der Waals surface area contributed by atoms with Gasteiger partial charge in [-0.2, -0.15) is 5.10 Å². The van der Waals surface area contributed by atoms with Crippen LogP contribution in [0.5, 0.6) is 0 Å². The molecule has 0 fully saturated rings. The number of ether oxygens (including phenoxy) is 1. The summed E-state index contributed by atoms with van der Waals surface area (Å²) in [5.41, 5.74) is 0.969. The Morgan fingerprint density at radius 2 is 2.05 bits per heavy atom. The minimum absolute atomic E-state index is 0.0753. The van der Waals surface area contributed by atoms with Crippen LogP contribution in [0.25, 0.3) is 0 Å². The van der Waals surface area contributed by atoms with Gasteiger partial charge in [-0.15, -0.1) is 0 Å². The van der Waals surface area contributed by atoms with Gasteiger partial charge in [0.05, 0.1) is 6.54 Å². The van der Waals surface area contributed by atoms with E-state index in [2.05, 4.69) is 10.4 Å². The Morgan fingerprint density at radius 3 is 2.73 bits per heavy atom. The van der Waals surface area contributed by atoms with Gasteiger partial charge in [0.25, 0.3) is 0 Å². The summed E-state index contributed by atoms with van der Waals surface area (Å²) in [4.78, 5) is 22.7. The predicted molar refractivity (Wildman–Crippen MR) is 78.4 cm³/mol. The van der Waals surface area contributed by atoms with Gasteiger partial charge in [-0.1, -0.05) is 30.3 Å². The SMILES string of the molecule is C[C@@H](Cn1nccc1C(=O)O)NC(=O)OCc1ccccc1. The molecule has 1 heterocycles. The normalized spacial score (nSPS) is 11.7. The zero-order chi connectivity index (χ0) is 15.9. The van der Waals surface area contributed by atoms with Crippen molar-refractivity contribution >= 4 is 12.1 Å². The van der Waals surface area contributed by atoms with Crippen LogP contribution < -0.4 is 5.32 Å². The number of nitrogens with zero attached hydrogens (tertiary/aromatic N) is 2. The smallest absolute Gasteiger partial charge is 0.407 e. The molecule has 2 aromatic rings. The lowest BCUT2D eigenvalue weighted by Gasteiger charge is -2.15. The fraction of sp³-hybridized carbons (Fsp3) is 0.267. The van der Waals surface area contributed by atoms with E-state index in [0.29, 0.717) is 0 Å². The molecule has 1 aromatic heterocycles. The molecule has 1 amide bonds. The number of aromatic carboxylic acids is 1. The van der Waals surface area contributed by atoms with E-state index < -0.39 is 12.1 Å². The van der Waals surface area contributed by atoms with Crippen LogP contribution in [0.4, 0.5) is 4.79 Å². The highest BCUT2D eigenvalue weighted by atomic mass is 16.5. The molecule has 0 unspecified atom stereocenters. The third kappa shape index (κ3) is 4.34. The van der Waals surface area contributed by atoms with E-state index >= 15 is 0 Å². The number of carbonyl (C=O) groups is 2. The van der Waals surface area contributed by atoms with Crippen molar-refractivity contribution in [3.05, 3.63) is 53.9 Å². The van der Waals surface area contributed by atoms with E-state index in [0.717, 1.165) is 5.56 Å². The number of benzene rings is 1. The number of alkyl carbamates (subject to hydrolysis) is 1. The zero-order valence-corrected chi connectivity index (χ0v) is 12.1. The minimum Gasteiger partial charge on any atom is -0.477 e. The number of amides is 1. The van der Waals surface area contributed by atoms with E-state index in [-0.39, 0.29) is 24.9 Å². The van der Waals surface area contributed by atoms with Crippen molar-refractivity contribution in [1.82, 2.24) is 15.1 Å². The minimum atomic E-state index is -1.06. The van der Waals surface area contributed by atoms with Crippen LogP contribution in [-0.2, 0) is 17.9 Å². The number of hydrogen-bond acceptors (Lipinski definition) is 4. The first-order chi connectivity index (χ1) is 10.6. The summed E-state index contributed by atoms with van der Waals surface area (Å²) < 4.78 is 6.42. The Balaban J connectivity index is 1.81. The summed E-state index contributed by atoms with van der Waals surface area (Å²) in [6.45, 7) is 2.17. The Bertz CT molecular complexity index is 639. The molecule has 0 aliphatic rings. The highest BCUT2D eigenvalue weighted by Gasteiger charge is 2.14. The van der Waals surface area contributed by atoms with Crippen molar-refractivity contribution in [2.45, 2.75) is 26.1 Å². The standard InChI is InChI=1S/C15H17N3O4/c1-11(9-18-13(14(19)20)7-8-16-18)17-15(21)22-10-12-5-3-2-4-6-12/h2-8,11H,9-10H2,1H3,(H,17,21)(H,19,20)/t11-/m0/s1. The molecular weight excluding hydrogens is 286 g/mol. The first kappa shape index (κ1) is 15.6. The summed E-state index contributed by atoms with van der Waals surface area (Å²) >= 11 is 0. The Labute approximate surface area is 127 Å². The van der Waals surface area contributed by atoms with Crippen LogP contribution in [0, 0.1) is 0 Å². The van der Waals surface area contributed by atoms with Gasteiger partial charge in [-0.25, -0.2) is 9.59 Å².